The highest BCUT2D eigenvalue weighted by molar-refractivity contribution is 5.62. The number of hydrogen-bond acceptors (Lipinski definition) is 5. The molecule has 7 nitrogen and oxygen atoms in total. The van der Waals surface area contributed by atoms with Crippen LogP contribution in [0.3, 0.4) is 0 Å². The lowest BCUT2D eigenvalue weighted by Crippen LogP contribution is -2.46. The lowest BCUT2D eigenvalue weighted by Gasteiger charge is -2.37. The summed E-state index contributed by atoms with van der Waals surface area (Å²) in [6.07, 6.45) is 1.89. The zero-order valence-corrected chi connectivity index (χ0v) is 12.0. The second kappa shape index (κ2) is 5.32. The minimum absolute atomic E-state index is 0.210. The van der Waals surface area contributed by atoms with E-state index in [-0.39, 0.29) is 5.82 Å². The topological polar surface area (TPSA) is 104 Å². The Kier molecular flexibility index (Phi) is 3.89. The fourth-order valence-corrected chi connectivity index (χ4v) is 2.54. The molecule has 0 aliphatic carbocycles. The van der Waals surface area contributed by atoms with Gasteiger partial charge in [0.2, 0.25) is 0 Å². The van der Waals surface area contributed by atoms with E-state index in [9.17, 15) is 14.7 Å². The van der Waals surface area contributed by atoms with Crippen molar-refractivity contribution in [1.29, 1.82) is 0 Å². The number of aliphatic hydroxyl groups is 1. The largest absolute Gasteiger partial charge is 0.390 e. The predicted octanol–water partition coefficient (Wildman–Crippen LogP) is -0.120. The number of hydrogen-bond donors (Lipinski definition) is 3. The maximum absolute atomic E-state index is 12.0. The smallest absolute Gasteiger partial charge is 0.330 e. The monoisotopic (exact) mass is 282 g/mol. The van der Waals surface area contributed by atoms with E-state index in [1.807, 2.05) is 11.8 Å². The highest BCUT2D eigenvalue weighted by Gasteiger charge is 2.30. The quantitative estimate of drug-likeness (QED) is 0.717. The third-order valence-electron chi connectivity index (χ3n) is 3.82. The zero-order valence-electron chi connectivity index (χ0n) is 12.0. The average Bonchev–Trinajstić information content (AvgIpc) is 2.36. The Bertz CT molecular complexity index is 593. The summed E-state index contributed by atoms with van der Waals surface area (Å²) in [4.78, 5) is 27.9. The molecule has 1 fully saturated rings. The molecule has 2 rings (SSSR count). The van der Waals surface area contributed by atoms with Gasteiger partial charge in [0.1, 0.15) is 11.5 Å². The first-order chi connectivity index (χ1) is 9.35. The van der Waals surface area contributed by atoms with Crippen molar-refractivity contribution < 1.29 is 5.11 Å². The maximum atomic E-state index is 12.0. The molecule has 2 heterocycles. The summed E-state index contributed by atoms with van der Waals surface area (Å²) in [6.45, 7) is 5.29. The summed E-state index contributed by atoms with van der Waals surface area (Å²) in [5.41, 5.74) is 4.72. The summed E-state index contributed by atoms with van der Waals surface area (Å²) in [5.74, 6) is 0.210. The Morgan fingerprint density at radius 1 is 1.35 bits per heavy atom. The number of nitrogens with zero attached hydrogens (tertiary/aromatic N) is 2. The van der Waals surface area contributed by atoms with Gasteiger partial charge in [0, 0.05) is 19.6 Å². The van der Waals surface area contributed by atoms with Gasteiger partial charge in [-0.3, -0.25) is 14.3 Å². The van der Waals surface area contributed by atoms with Crippen LogP contribution in [0.1, 0.15) is 33.1 Å². The fourth-order valence-electron chi connectivity index (χ4n) is 2.54. The minimum atomic E-state index is -0.699. The van der Waals surface area contributed by atoms with Crippen molar-refractivity contribution in [3.63, 3.8) is 0 Å². The number of nitrogen functional groups attached to an aromatic ring is 1. The molecule has 0 spiro atoms. The molecule has 0 saturated carbocycles. The van der Waals surface area contributed by atoms with E-state index in [0.717, 1.165) is 6.42 Å². The molecule has 7 heteroatoms. The van der Waals surface area contributed by atoms with Crippen LogP contribution < -0.4 is 21.9 Å². The number of H-pyrrole nitrogens is 1. The number of nitrogens with one attached hydrogen (secondary N) is 1. The Balaban J connectivity index is 2.40. The molecule has 112 valence electrons. The van der Waals surface area contributed by atoms with Crippen molar-refractivity contribution in [3.05, 3.63) is 20.8 Å². The lowest BCUT2D eigenvalue weighted by atomic mass is 9.93. The summed E-state index contributed by atoms with van der Waals surface area (Å²) in [5, 5.41) is 9.96. The summed E-state index contributed by atoms with van der Waals surface area (Å²) < 4.78 is 1.39. The van der Waals surface area contributed by atoms with E-state index in [1.54, 1.807) is 6.92 Å². The predicted molar refractivity (Wildman–Crippen MR) is 78.1 cm³/mol. The molecule has 0 aromatic carbocycles. The fraction of sp³-hybridized carbons (Fsp3) is 0.692. The van der Waals surface area contributed by atoms with E-state index in [1.165, 1.54) is 4.57 Å². The second-order valence-electron chi connectivity index (χ2n) is 5.63. The van der Waals surface area contributed by atoms with Crippen molar-refractivity contribution in [3.8, 4) is 0 Å². The molecule has 1 saturated heterocycles. The molecule has 0 amide bonds. The number of piperidine rings is 1. The molecular formula is C13H22N4O3. The van der Waals surface area contributed by atoms with E-state index in [2.05, 4.69) is 4.98 Å². The van der Waals surface area contributed by atoms with Crippen LogP contribution >= 0.6 is 0 Å². The summed E-state index contributed by atoms with van der Waals surface area (Å²) in [6, 6.07) is 0. The Labute approximate surface area is 117 Å². The van der Waals surface area contributed by atoms with Gasteiger partial charge in [0.25, 0.3) is 5.56 Å². The van der Waals surface area contributed by atoms with Gasteiger partial charge >= 0.3 is 5.69 Å². The standard InChI is InChI=1S/C13H22N4O3/c1-3-6-17-10(14)9(11(18)15-12(17)19)16-7-4-13(2,20)5-8-16/h20H,3-8,14H2,1-2H3,(H,15,18,19). The van der Waals surface area contributed by atoms with Gasteiger partial charge in [-0.15, -0.1) is 0 Å². The van der Waals surface area contributed by atoms with Crippen LogP contribution in [0.25, 0.3) is 0 Å². The van der Waals surface area contributed by atoms with Gasteiger partial charge in [-0.25, -0.2) is 4.79 Å². The molecule has 0 atom stereocenters. The zero-order chi connectivity index (χ0) is 14.9. The Morgan fingerprint density at radius 2 is 1.95 bits per heavy atom. The van der Waals surface area contributed by atoms with Crippen LogP contribution in [0.15, 0.2) is 9.59 Å². The van der Waals surface area contributed by atoms with E-state index < -0.39 is 16.9 Å². The second-order valence-corrected chi connectivity index (χ2v) is 5.63. The van der Waals surface area contributed by atoms with Crippen molar-refractivity contribution in [2.24, 2.45) is 0 Å². The van der Waals surface area contributed by atoms with Crippen molar-refractivity contribution >= 4 is 11.5 Å². The number of anilines is 2. The first-order valence-electron chi connectivity index (χ1n) is 6.95. The van der Waals surface area contributed by atoms with Crippen LogP contribution in [0.2, 0.25) is 0 Å². The number of rotatable bonds is 3. The SMILES string of the molecule is CCCn1c(N)c(N2CCC(C)(O)CC2)c(=O)[nH]c1=O. The van der Waals surface area contributed by atoms with Gasteiger partial charge in [0.05, 0.1) is 5.60 Å². The van der Waals surface area contributed by atoms with Crippen molar-refractivity contribution in [2.75, 3.05) is 23.7 Å². The van der Waals surface area contributed by atoms with Gasteiger partial charge in [-0.1, -0.05) is 6.92 Å². The average molecular weight is 282 g/mol. The Morgan fingerprint density at radius 3 is 2.50 bits per heavy atom. The third-order valence-corrected chi connectivity index (χ3v) is 3.82. The van der Waals surface area contributed by atoms with Gasteiger partial charge in [-0.05, 0) is 26.2 Å². The molecule has 0 bridgehead atoms. The van der Waals surface area contributed by atoms with Gasteiger partial charge in [0.15, 0.2) is 0 Å². The molecule has 0 radical (unpaired) electrons. The van der Waals surface area contributed by atoms with E-state index in [0.29, 0.717) is 38.2 Å². The molecule has 0 unspecified atom stereocenters. The van der Waals surface area contributed by atoms with Crippen LogP contribution in [-0.2, 0) is 6.54 Å². The van der Waals surface area contributed by atoms with Crippen LogP contribution in [-0.4, -0.2) is 33.3 Å². The molecular weight excluding hydrogens is 260 g/mol. The Hall–Kier alpha value is -1.76. The maximum Gasteiger partial charge on any atom is 0.330 e. The van der Waals surface area contributed by atoms with Crippen molar-refractivity contribution in [1.82, 2.24) is 9.55 Å². The molecule has 1 aromatic heterocycles. The summed E-state index contributed by atoms with van der Waals surface area (Å²) >= 11 is 0. The first kappa shape index (κ1) is 14.6. The van der Waals surface area contributed by atoms with Crippen LogP contribution in [0.5, 0.6) is 0 Å². The molecule has 1 aromatic rings. The third kappa shape index (κ3) is 2.72. The van der Waals surface area contributed by atoms with Gasteiger partial charge in [-0.2, -0.15) is 0 Å². The van der Waals surface area contributed by atoms with Gasteiger partial charge < -0.3 is 15.7 Å². The summed E-state index contributed by atoms with van der Waals surface area (Å²) in [7, 11) is 0. The number of nitrogens with two attached hydrogens (primary N) is 1. The number of aromatic amines is 1. The van der Waals surface area contributed by atoms with E-state index in [4.69, 9.17) is 5.73 Å². The first-order valence-corrected chi connectivity index (χ1v) is 6.95. The van der Waals surface area contributed by atoms with Crippen LogP contribution in [0, 0.1) is 0 Å². The highest BCUT2D eigenvalue weighted by Crippen LogP contribution is 2.26. The highest BCUT2D eigenvalue weighted by atomic mass is 16.3. The lowest BCUT2D eigenvalue weighted by molar-refractivity contribution is 0.0351. The van der Waals surface area contributed by atoms with Crippen molar-refractivity contribution in [2.45, 2.75) is 45.3 Å². The normalized spacial score (nSPS) is 18.2. The molecule has 20 heavy (non-hydrogen) atoms. The number of aromatic nitrogens is 2. The molecule has 1 aliphatic heterocycles. The molecule has 1 aliphatic rings. The van der Waals surface area contributed by atoms with E-state index >= 15 is 0 Å². The molecule has 4 N–H and O–H groups in total. The van der Waals surface area contributed by atoms with Crippen LogP contribution in [0.4, 0.5) is 11.5 Å². The minimum Gasteiger partial charge on any atom is -0.390 e.